The van der Waals surface area contributed by atoms with Crippen LogP contribution in [0, 0.1) is 5.92 Å². The van der Waals surface area contributed by atoms with Crippen LogP contribution in [-0.4, -0.2) is 61.6 Å². The molecule has 0 bridgehead atoms. The molecule has 3 N–H and O–H groups in total. The van der Waals surface area contributed by atoms with Crippen molar-refractivity contribution >= 4 is 11.9 Å². The van der Waals surface area contributed by atoms with E-state index in [9.17, 15) is 4.79 Å². The summed E-state index contributed by atoms with van der Waals surface area (Å²) in [5.74, 6) is 1.24. The zero-order chi connectivity index (χ0) is 18.9. The fraction of sp³-hybridized carbons (Fsp3) is 0.895. The van der Waals surface area contributed by atoms with Gasteiger partial charge in [-0.3, -0.25) is 14.7 Å². The number of hydrogen-bond donors (Lipinski definition) is 3. The van der Waals surface area contributed by atoms with Gasteiger partial charge in [-0.25, -0.2) is 0 Å². The van der Waals surface area contributed by atoms with Crippen LogP contribution < -0.4 is 16.0 Å². The lowest BCUT2D eigenvalue weighted by Gasteiger charge is -2.34. The van der Waals surface area contributed by atoms with E-state index in [1.54, 1.807) is 7.05 Å². The number of aliphatic imine (C=N–C) groups is 1. The first kappa shape index (κ1) is 21.7. The average Bonchev–Trinajstić information content (AvgIpc) is 2.77. The Morgan fingerprint density at radius 2 is 1.68 bits per heavy atom. The Bertz CT molecular complexity index is 420. The molecule has 0 aliphatic carbocycles. The fourth-order valence-electron chi connectivity index (χ4n) is 3.26. The van der Waals surface area contributed by atoms with E-state index in [2.05, 4.69) is 39.7 Å². The number of likely N-dealkylation sites (tertiary alicyclic amines) is 1. The lowest BCUT2D eigenvalue weighted by molar-refractivity contribution is -0.121. The van der Waals surface area contributed by atoms with E-state index in [0.29, 0.717) is 17.9 Å². The molecule has 1 unspecified atom stereocenters. The molecule has 1 atom stereocenters. The lowest BCUT2D eigenvalue weighted by Crippen LogP contribution is -2.52. The molecule has 1 amide bonds. The Labute approximate surface area is 154 Å². The summed E-state index contributed by atoms with van der Waals surface area (Å²) in [6, 6.07) is 0.486. The molecule has 1 aliphatic heterocycles. The van der Waals surface area contributed by atoms with E-state index in [1.807, 2.05) is 20.8 Å². The number of carbonyl (C=O) groups excluding carboxylic acids is 1. The average molecular weight is 354 g/mol. The van der Waals surface area contributed by atoms with Crippen LogP contribution in [0.4, 0.5) is 0 Å². The molecule has 0 radical (unpaired) electrons. The fourth-order valence-corrected chi connectivity index (χ4v) is 3.26. The van der Waals surface area contributed by atoms with Gasteiger partial charge in [0, 0.05) is 25.2 Å². The molecule has 25 heavy (non-hydrogen) atoms. The molecule has 0 aromatic rings. The number of amides is 1. The van der Waals surface area contributed by atoms with Gasteiger partial charge in [0.1, 0.15) is 0 Å². The Balaban J connectivity index is 2.48. The second-order valence-corrected chi connectivity index (χ2v) is 8.37. The molecule has 1 saturated heterocycles. The van der Waals surface area contributed by atoms with Gasteiger partial charge < -0.3 is 16.0 Å². The van der Waals surface area contributed by atoms with Gasteiger partial charge in [-0.1, -0.05) is 26.7 Å². The van der Waals surface area contributed by atoms with Crippen LogP contribution in [0.15, 0.2) is 4.99 Å². The zero-order valence-corrected chi connectivity index (χ0v) is 17.1. The van der Waals surface area contributed by atoms with Gasteiger partial charge in [-0.2, -0.15) is 0 Å². The van der Waals surface area contributed by atoms with Crippen molar-refractivity contribution < 1.29 is 4.79 Å². The minimum Gasteiger partial charge on any atom is -0.355 e. The van der Waals surface area contributed by atoms with Crippen LogP contribution >= 0.6 is 0 Å². The third kappa shape index (κ3) is 9.10. The summed E-state index contributed by atoms with van der Waals surface area (Å²) >= 11 is 0. The maximum absolute atomic E-state index is 11.9. The van der Waals surface area contributed by atoms with Crippen LogP contribution in [0.25, 0.3) is 0 Å². The van der Waals surface area contributed by atoms with Gasteiger partial charge in [0.25, 0.3) is 0 Å². The Kier molecular flexibility index (Phi) is 9.25. The maximum Gasteiger partial charge on any atom is 0.239 e. The van der Waals surface area contributed by atoms with Crippen molar-refractivity contribution in [2.24, 2.45) is 10.9 Å². The number of nitrogens with one attached hydrogen (secondary N) is 3. The molecule has 1 rings (SSSR count). The highest BCUT2D eigenvalue weighted by molar-refractivity contribution is 5.86. The number of hydrogen-bond acceptors (Lipinski definition) is 3. The summed E-state index contributed by atoms with van der Waals surface area (Å²) in [7, 11) is 1.74. The topological polar surface area (TPSA) is 68.8 Å². The summed E-state index contributed by atoms with van der Waals surface area (Å²) in [6.45, 7) is 13.9. The maximum atomic E-state index is 11.9. The van der Waals surface area contributed by atoms with Gasteiger partial charge >= 0.3 is 0 Å². The van der Waals surface area contributed by atoms with Crippen molar-refractivity contribution in [1.29, 1.82) is 0 Å². The predicted molar refractivity (Wildman–Crippen MR) is 106 cm³/mol. The largest absolute Gasteiger partial charge is 0.355 e. The number of rotatable bonds is 6. The number of carbonyl (C=O) groups is 1. The van der Waals surface area contributed by atoms with E-state index in [4.69, 9.17) is 0 Å². The highest BCUT2D eigenvalue weighted by atomic mass is 16.2. The SMILES string of the molecule is CN=C(NCC(=O)NC(C)(C)C)NCC(C(C)C)N1CCCCCC1. The van der Waals surface area contributed by atoms with Crippen LogP contribution in [0.3, 0.4) is 0 Å². The molecular formula is C19H39N5O. The first-order valence-electron chi connectivity index (χ1n) is 9.72. The number of guanidine groups is 1. The van der Waals surface area contributed by atoms with Gasteiger partial charge in [0.05, 0.1) is 6.54 Å². The quantitative estimate of drug-likeness (QED) is 0.504. The molecule has 0 aromatic heterocycles. The normalized spacial score (nSPS) is 18.6. The Hall–Kier alpha value is -1.30. The summed E-state index contributed by atoms with van der Waals surface area (Å²) in [4.78, 5) is 18.8. The van der Waals surface area contributed by atoms with Crippen molar-refractivity contribution in [1.82, 2.24) is 20.9 Å². The summed E-state index contributed by atoms with van der Waals surface area (Å²) in [6.07, 6.45) is 5.29. The van der Waals surface area contributed by atoms with E-state index in [-0.39, 0.29) is 18.0 Å². The van der Waals surface area contributed by atoms with Crippen LogP contribution in [-0.2, 0) is 4.79 Å². The molecule has 1 aliphatic rings. The van der Waals surface area contributed by atoms with Gasteiger partial charge in [0.2, 0.25) is 5.91 Å². The highest BCUT2D eigenvalue weighted by Crippen LogP contribution is 2.17. The highest BCUT2D eigenvalue weighted by Gasteiger charge is 2.23. The molecule has 1 fully saturated rings. The van der Waals surface area contributed by atoms with E-state index < -0.39 is 0 Å². The predicted octanol–water partition coefficient (Wildman–Crippen LogP) is 1.97. The molecule has 6 nitrogen and oxygen atoms in total. The van der Waals surface area contributed by atoms with Gasteiger partial charge in [-0.05, 0) is 52.6 Å². The monoisotopic (exact) mass is 353 g/mol. The van der Waals surface area contributed by atoms with Crippen molar-refractivity contribution in [3.8, 4) is 0 Å². The van der Waals surface area contributed by atoms with Crippen molar-refractivity contribution in [2.75, 3.05) is 33.2 Å². The van der Waals surface area contributed by atoms with E-state index in [1.165, 1.54) is 38.8 Å². The second-order valence-electron chi connectivity index (χ2n) is 8.37. The van der Waals surface area contributed by atoms with Crippen molar-refractivity contribution in [3.63, 3.8) is 0 Å². The smallest absolute Gasteiger partial charge is 0.239 e. The first-order valence-corrected chi connectivity index (χ1v) is 9.72. The van der Waals surface area contributed by atoms with E-state index >= 15 is 0 Å². The summed E-state index contributed by atoms with van der Waals surface area (Å²) < 4.78 is 0. The van der Waals surface area contributed by atoms with Crippen molar-refractivity contribution in [3.05, 3.63) is 0 Å². The minimum atomic E-state index is -0.217. The molecule has 0 saturated carbocycles. The Morgan fingerprint density at radius 1 is 1.08 bits per heavy atom. The van der Waals surface area contributed by atoms with E-state index in [0.717, 1.165) is 6.54 Å². The molecule has 1 heterocycles. The van der Waals surface area contributed by atoms with Gasteiger partial charge in [0.15, 0.2) is 5.96 Å². The molecule has 146 valence electrons. The second kappa shape index (κ2) is 10.6. The minimum absolute atomic E-state index is 0.0247. The standard InChI is InChI=1S/C19H39N5O/c1-15(2)16(24-11-9-7-8-10-12-24)13-21-18(20-6)22-14-17(25)23-19(3,4)5/h15-16H,7-14H2,1-6H3,(H,23,25)(H2,20,21,22). The number of nitrogens with zero attached hydrogens (tertiary/aromatic N) is 2. The molecule has 0 aromatic carbocycles. The van der Waals surface area contributed by atoms with Crippen LogP contribution in [0.1, 0.15) is 60.3 Å². The summed E-state index contributed by atoms with van der Waals surface area (Å²) in [5.41, 5.74) is -0.217. The third-order valence-corrected chi connectivity index (χ3v) is 4.51. The summed E-state index contributed by atoms with van der Waals surface area (Å²) in [5, 5.41) is 9.46. The first-order chi connectivity index (χ1) is 11.7. The van der Waals surface area contributed by atoms with Crippen LogP contribution in [0.5, 0.6) is 0 Å². The molecule has 6 heteroatoms. The zero-order valence-electron chi connectivity index (χ0n) is 17.1. The van der Waals surface area contributed by atoms with Crippen LogP contribution in [0.2, 0.25) is 0 Å². The third-order valence-electron chi connectivity index (χ3n) is 4.51. The van der Waals surface area contributed by atoms with Gasteiger partial charge in [-0.15, -0.1) is 0 Å². The Morgan fingerprint density at radius 3 is 2.16 bits per heavy atom. The molecule has 0 spiro atoms. The lowest BCUT2D eigenvalue weighted by atomic mass is 10.0. The van der Waals surface area contributed by atoms with Crippen molar-refractivity contribution in [2.45, 2.75) is 71.9 Å². The molecular weight excluding hydrogens is 314 g/mol.